The van der Waals surface area contributed by atoms with Gasteiger partial charge >= 0.3 is 0 Å². The predicted octanol–water partition coefficient (Wildman–Crippen LogP) is 4.38. The van der Waals surface area contributed by atoms with E-state index in [-0.39, 0.29) is 12.5 Å². The topological polar surface area (TPSA) is 51.2 Å². The number of hydrogen-bond acceptors (Lipinski definition) is 3. The lowest BCUT2D eigenvalue weighted by Gasteiger charge is -2.14. The highest BCUT2D eigenvalue weighted by Gasteiger charge is 2.10. The van der Waals surface area contributed by atoms with Crippen molar-refractivity contribution in [1.29, 1.82) is 0 Å². The van der Waals surface area contributed by atoms with E-state index in [9.17, 15) is 4.79 Å². The smallest absolute Gasteiger partial charge is 0.262 e. The van der Waals surface area contributed by atoms with Gasteiger partial charge in [-0.3, -0.25) is 9.78 Å². The second-order valence-electron chi connectivity index (χ2n) is 5.91. The predicted molar refractivity (Wildman–Crippen MR) is 96.4 cm³/mol. The quantitative estimate of drug-likeness (QED) is 0.759. The number of carbonyl (C=O) groups excluding carboxylic acids is 1. The number of carbonyl (C=O) groups is 1. The molecule has 4 heteroatoms. The Bertz CT molecular complexity index is 854. The monoisotopic (exact) mass is 320 g/mol. The summed E-state index contributed by atoms with van der Waals surface area (Å²) >= 11 is 0. The van der Waals surface area contributed by atoms with Gasteiger partial charge in [-0.05, 0) is 29.7 Å². The van der Waals surface area contributed by atoms with Crippen LogP contribution in [-0.2, 0) is 4.79 Å². The highest BCUT2D eigenvalue weighted by atomic mass is 16.5. The first-order valence-electron chi connectivity index (χ1n) is 8.00. The molecule has 0 aliphatic rings. The number of para-hydroxylation sites is 2. The molecule has 0 atom stereocenters. The van der Waals surface area contributed by atoms with Crippen molar-refractivity contribution in [2.45, 2.75) is 19.8 Å². The van der Waals surface area contributed by atoms with E-state index in [0.29, 0.717) is 11.6 Å². The molecule has 0 unspecified atom stereocenters. The zero-order valence-corrected chi connectivity index (χ0v) is 13.8. The van der Waals surface area contributed by atoms with Gasteiger partial charge in [-0.25, -0.2) is 0 Å². The molecule has 24 heavy (non-hydrogen) atoms. The van der Waals surface area contributed by atoms with E-state index < -0.39 is 0 Å². The Hall–Kier alpha value is -2.88. The molecule has 1 N–H and O–H groups in total. The summed E-state index contributed by atoms with van der Waals surface area (Å²) in [5.74, 6) is 0.886. The molecule has 0 saturated carbocycles. The van der Waals surface area contributed by atoms with Gasteiger partial charge in [-0.15, -0.1) is 0 Å². The lowest BCUT2D eigenvalue weighted by Crippen LogP contribution is -2.20. The van der Waals surface area contributed by atoms with Crippen LogP contribution in [0.25, 0.3) is 10.9 Å². The molecule has 2 aromatic carbocycles. The Morgan fingerprint density at radius 1 is 1.08 bits per heavy atom. The molecule has 0 spiro atoms. The molecule has 0 fully saturated rings. The Balaban J connectivity index is 1.70. The fourth-order valence-electron chi connectivity index (χ4n) is 2.62. The number of pyridine rings is 1. The molecule has 1 amide bonds. The maximum absolute atomic E-state index is 12.2. The molecule has 122 valence electrons. The Kier molecular flexibility index (Phi) is 4.75. The van der Waals surface area contributed by atoms with Gasteiger partial charge in [0, 0.05) is 11.6 Å². The number of nitrogens with one attached hydrogen (secondary N) is 1. The number of fused-ring (bicyclic) bond motifs is 1. The molecule has 0 radical (unpaired) electrons. The van der Waals surface area contributed by atoms with Crippen LogP contribution in [0, 0.1) is 0 Å². The van der Waals surface area contributed by atoms with Crippen LogP contribution in [0.4, 0.5) is 5.69 Å². The van der Waals surface area contributed by atoms with Crippen LogP contribution >= 0.6 is 0 Å². The molecule has 3 rings (SSSR count). The number of amides is 1. The fraction of sp³-hybridized carbons (Fsp3) is 0.200. The number of anilines is 1. The number of rotatable bonds is 5. The molecule has 0 saturated heterocycles. The van der Waals surface area contributed by atoms with E-state index in [1.165, 1.54) is 0 Å². The van der Waals surface area contributed by atoms with Crippen molar-refractivity contribution in [3.05, 3.63) is 66.4 Å². The first-order valence-corrected chi connectivity index (χ1v) is 8.00. The Morgan fingerprint density at radius 2 is 1.88 bits per heavy atom. The van der Waals surface area contributed by atoms with Gasteiger partial charge in [0.1, 0.15) is 5.75 Å². The second-order valence-corrected chi connectivity index (χ2v) is 5.91. The van der Waals surface area contributed by atoms with Crippen molar-refractivity contribution in [3.8, 4) is 5.75 Å². The van der Waals surface area contributed by atoms with Crippen LogP contribution < -0.4 is 10.1 Å². The molecule has 4 nitrogen and oxygen atoms in total. The normalized spacial score (nSPS) is 10.8. The molecule has 0 bridgehead atoms. The minimum Gasteiger partial charge on any atom is -0.483 e. The van der Waals surface area contributed by atoms with Crippen LogP contribution in [0.2, 0.25) is 0 Å². The van der Waals surface area contributed by atoms with Gasteiger partial charge in [0.2, 0.25) is 0 Å². The zero-order chi connectivity index (χ0) is 16.9. The number of nitrogens with zero attached hydrogens (tertiary/aromatic N) is 1. The maximum Gasteiger partial charge on any atom is 0.262 e. The number of hydrogen-bond donors (Lipinski definition) is 1. The highest BCUT2D eigenvalue weighted by Crippen LogP contribution is 2.26. The van der Waals surface area contributed by atoms with Gasteiger partial charge in [0.25, 0.3) is 5.91 Å². The lowest BCUT2D eigenvalue weighted by molar-refractivity contribution is -0.118. The van der Waals surface area contributed by atoms with Crippen LogP contribution in [0.5, 0.6) is 5.75 Å². The van der Waals surface area contributed by atoms with Gasteiger partial charge in [-0.2, -0.15) is 0 Å². The standard InChI is InChI=1S/C20H20N2O2/c1-14(2)16-9-3-4-11-18(16)24-13-19(23)22-17-10-5-7-15-8-6-12-21-20(15)17/h3-12,14H,13H2,1-2H3,(H,22,23). The second kappa shape index (κ2) is 7.13. The van der Waals surface area contributed by atoms with E-state index in [1.54, 1.807) is 6.20 Å². The average molecular weight is 320 g/mol. The number of ether oxygens (including phenoxy) is 1. The first-order chi connectivity index (χ1) is 11.6. The Morgan fingerprint density at radius 3 is 2.71 bits per heavy atom. The van der Waals surface area contributed by atoms with Crippen molar-refractivity contribution in [2.75, 3.05) is 11.9 Å². The van der Waals surface area contributed by atoms with E-state index in [0.717, 1.165) is 22.2 Å². The first kappa shape index (κ1) is 16.0. The lowest BCUT2D eigenvalue weighted by atomic mass is 10.0. The number of benzene rings is 2. The van der Waals surface area contributed by atoms with Crippen molar-refractivity contribution >= 4 is 22.5 Å². The minimum absolute atomic E-state index is 0.0348. The van der Waals surface area contributed by atoms with Crippen LogP contribution in [0.3, 0.4) is 0 Å². The molecule has 1 aromatic heterocycles. The third kappa shape index (κ3) is 3.54. The minimum atomic E-state index is -0.202. The third-order valence-electron chi connectivity index (χ3n) is 3.81. The van der Waals surface area contributed by atoms with E-state index in [1.807, 2.05) is 54.6 Å². The fourth-order valence-corrected chi connectivity index (χ4v) is 2.62. The van der Waals surface area contributed by atoms with Crippen LogP contribution in [-0.4, -0.2) is 17.5 Å². The maximum atomic E-state index is 12.2. The summed E-state index contributed by atoms with van der Waals surface area (Å²) in [7, 11) is 0. The molecule has 1 heterocycles. The summed E-state index contributed by atoms with van der Waals surface area (Å²) in [6, 6.07) is 17.3. The summed E-state index contributed by atoms with van der Waals surface area (Å²) in [5.41, 5.74) is 2.56. The van der Waals surface area contributed by atoms with Crippen LogP contribution in [0.15, 0.2) is 60.8 Å². The highest BCUT2D eigenvalue weighted by molar-refractivity contribution is 6.00. The summed E-state index contributed by atoms with van der Waals surface area (Å²) in [6.07, 6.45) is 1.72. The summed E-state index contributed by atoms with van der Waals surface area (Å²) in [5, 5.41) is 3.86. The van der Waals surface area contributed by atoms with Gasteiger partial charge in [-0.1, -0.05) is 50.2 Å². The summed E-state index contributed by atoms with van der Waals surface area (Å²) in [6.45, 7) is 4.17. The molecule has 3 aromatic rings. The van der Waals surface area contributed by atoms with Crippen molar-refractivity contribution in [3.63, 3.8) is 0 Å². The van der Waals surface area contributed by atoms with E-state index in [4.69, 9.17) is 4.74 Å². The SMILES string of the molecule is CC(C)c1ccccc1OCC(=O)Nc1cccc2cccnc12. The van der Waals surface area contributed by atoms with Gasteiger partial charge in [0.15, 0.2) is 6.61 Å². The summed E-state index contributed by atoms with van der Waals surface area (Å²) < 4.78 is 5.71. The molecular formula is C20H20N2O2. The number of aromatic nitrogens is 1. The Labute approximate surface area is 141 Å². The molecular weight excluding hydrogens is 300 g/mol. The largest absolute Gasteiger partial charge is 0.483 e. The van der Waals surface area contributed by atoms with E-state index >= 15 is 0 Å². The van der Waals surface area contributed by atoms with Gasteiger partial charge in [0.05, 0.1) is 11.2 Å². The van der Waals surface area contributed by atoms with Crippen molar-refractivity contribution in [2.24, 2.45) is 0 Å². The van der Waals surface area contributed by atoms with Crippen molar-refractivity contribution < 1.29 is 9.53 Å². The van der Waals surface area contributed by atoms with E-state index in [2.05, 4.69) is 24.1 Å². The molecule has 0 aliphatic heterocycles. The van der Waals surface area contributed by atoms with Crippen LogP contribution in [0.1, 0.15) is 25.3 Å². The average Bonchev–Trinajstić information content (AvgIpc) is 2.60. The third-order valence-corrected chi connectivity index (χ3v) is 3.81. The molecule has 0 aliphatic carbocycles. The van der Waals surface area contributed by atoms with Gasteiger partial charge < -0.3 is 10.1 Å². The zero-order valence-electron chi connectivity index (χ0n) is 13.8. The summed E-state index contributed by atoms with van der Waals surface area (Å²) in [4.78, 5) is 16.6. The van der Waals surface area contributed by atoms with Crippen molar-refractivity contribution in [1.82, 2.24) is 4.98 Å².